The molecule has 0 amide bonds. The summed E-state index contributed by atoms with van der Waals surface area (Å²) in [4.78, 5) is 0. The third kappa shape index (κ3) is 3.05. The van der Waals surface area contributed by atoms with Crippen molar-refractivity contribution in [3.05, 3.63) is 0 Å². The van der Waals surface area contributed by atoms with Crippen molar-refractivity contribution in [2.24, 2.45) is 11.8 Å². The Morgan fingerprint density at radius 3 is 1.33 bits per heavy atom. The minimum Gasteiger partial charge on any atom is -0.348 e. The lowest BCUT2D eigenvalue weighted by Crippen LogP contribution is -2.36. The summed E-state index contributed by atoms with van der Waals surface area (Å²) >= 11 is 0. The minimum absolute atomic E-state index is 0.141. The highest BCUT2D eigenvalue weighted by molar-refractivity contribution is 4.84. The molecule has 2 fully saturated rings. The maximum absolute atomic E-state index is 5.92. The van der Waals surface area contributed by atoms with Crippen LogP contribution in [0.15, 0.2) is 0 Å². The number of rotatable bonds is 3. The third-order valence-corrected chi connectivity index (χ3v) is 4.06. The molecule has 0 bridgehead atoms. The molecule has 106 valence electrons. The summed E-state index contributed by atoms with van der Waals surface area (Å²) in [6.45, 7) is 13.6. The van der Waals surface area contributed by atoms with Crippen molar-refractivity contribution in [3.63, 3.8) is 0 Å². The summed E-state index contributed by atoms with van der Waals surface area (Å²) in [6, 6.07) is 0. The van der Waals surface area contributed by atoms with E-state index in [1.54, 1.807) is 0 Å². The highest BCUT2D eigenvalue weighted by atomic mass is 16.7. The molecule has 2 rings (SSSR count). The molecular formula is C14H26O4. The molecule has 0 aromatic carbocycles. The summed E-state index contributed by atoms with van der Waals surface area (Å²) in [5.74, 6) is -0.140. The van der Waals surface area contributed by atoms with Crippen LogP contribution in [-0.2, 0) is 18.9 Å². The van der Waals surface area contributed by atoms with Crippen LogP contribution in [0.2, 0.25) is 0 Å². The van der Waals surface area contributed by atoms with Crippen LogP contribution >= 0.6 is 0 Å². The molecule has 0 N–H and O–H groups in total. The van der Waals surface area contributed by atoms with Gasteiger partial charge in [-0.1, -0.05) is 13.8 Å². The molecule has 1 unspecified atom stereocenters. The molecular weight excluding hydrogens is 232 g/mol. The Hall–Kier alpha value is -0.160. The summed E-state index contributed by atoms with van der Waals surface area (Å²) in [6.07, 6.45) is 0.282. The Morgan fingerprint density at radius 2 is 1.11 bits per heavy atom. The summed E-state index contributed by atoms with van der Waals surface area (Å²) < 4.78 is 23.1. The smallest absolute Gasteiger partial charge is 0.163 e. The van der Waals surface area contributed by atoms with Crippen molar-refractivity contribution < 1.29 is 18.9 Å². The molecule has 0 saturated carbocycles. The molecule has 2 aliphatic heterocycles. The van der Waals surface area contributed by atoms with Crippen LogP contribution in [0.25, 0.3) is 0 Å². The zero-order valence-electron chi connectivity index (χ0n) is 12.4. The summed E-state index contributed by atoms with van der Waals surface area (Å²) in [5, 5.41) is 0. The van der Waals surface area contributed by atoms with Gasteiger partial charge in [-0.2, -0.15) is 0 Å². The summed E-state index contributed by atoms with van der Waals surface area (Å²) in [5.41, 5.74) is 0. The van der Waals surface area contributed by atoms with E-state index in [-0.39, 0.29) is 12.2 Å². The Balaban J connectivity index is 1.92. The fourth-order valence-electron chi connectivity index (χ4n) is 2.63. The van der Waals surface area contributed by atoms with Gasteiger partial charge in [0.1, 0.15) is 0 Å². The van der Waals surface area contributed by atoms with Gasteiger partial charge in [0.15, 0.2) is 11.6 Å². The zero-order valence-corrected chi connectivity index (χ0v) is 12.4. The lowest BCUT2D eigenvalue weighted by molar-refractivity contribution is -0.158. The van der Waals surface area contributed by atoms with Gasteiger partial charge in [0, 0.05) is 0 Å². The second-order valence-electron chi connectivity index (χ2n) is 6.45. The molecule has 0 aromatic rings. The average Bonchev–Trinajstić information content (AvgIpc) is 2.79. The molecule has 0 aromatic heterocycles. The van der Waals surface area contributed by atoms with Gasteiger partial charge in [0.2, 0.25) is 0 Å². The van der Waals surface area contributed by atoms with Crippen molar-refractivity contribution in [1.82, 2.24) is 0 Å². The van der Waals surface area contributed by atoms with Crippen molar-refractivity contribution in [3.8, 4) is 0 Å². The first-order valence-corrected chi connectivity index (χ1v) is 6.84. The van der Waals surface area contributed by atoms with Crippen molar-refractivity contribution in [1.29, 1.82) is 0 Å². The lowest BCUT2D eigenvalue weighted by Gasteiger charge is -2.29. The molecule has 4 atom stereocenters. The predicted molar refractivity (Wildman–Crippen MR) is 68.1 cm³/mol. The average molecular weight is 258 g/mol. The number of hydrogen-bond acceptors (Lipinski definition) is 4. The molecule has 18 heavy (non-hydrogen) atoms. The number of ether oxygens (including phenoxy) is 4. The van der Waals surface area contributed by atoms with E-state index in [9.17, 15) is 0 Å². The zero-order chi connectivity index (χ0) is 13.6. The van der Waals surface area contributed by atoms with E-state index in [4.69, 9.17) is 18.9 Å². The first-order chi connectivity index (χ1) is 8.20. The molecule has 4 nitrogen and oxygen atoms in total. The van der Waals surface area contributed by atoms with E-state index in [1.165, 1.54) is 0 Å². The second kappa shape index (κ2) is 4.75. The normalized spacial score (nSPS) is 37.7. The standard InChI is InChI=1S/C14H26O4/c1-9(11-7-15-13(3,4)17-11)10(2)12-8-16-14(5,6)18-12/h9-12H,7-8H2,1-6H3/t9-,10-,11+,12?/m0/s1. The van der Waals surface area contributed by atoms with Gasteiger partial charge < -0.3 is 18.9 Å². The fourth-order valence-corrected chi connectivity index (χ4v) is 2.63. The first-order valence-electron chi connectivity index (χ1n) is 6.84. The Morgan fingerprint density at radius 1 is 0.778 bits per heavy atom. The summed E-state index contributed by atoms with van der Waals surface area (Å²) in [7, 11) is 0. The van der Waals surface area contributed by atoms with Gasteiger partial charge in [-0.05, 0) is 39.5 Å². The molecule has 4 heteroatoms. The molecule has 0 aliphatic carbocycles. The quantitative estimate of drug-likeness (QED) is 0.779. The Bertz CT molecular complexity index is 270. The first kappa shape index (κ1) is 14.3. The lowest BCUT2D eigenvalue weighted by atomic mass is 9.87. The van der Waals surface area contributed by atoms with Gasteiger partial charge in [0.25, 0.3) is 0 Å². The largest absolute Gasteiger partial charge is 0.348 e. The highest BCUT2D eigenvalue weighted by Gasteiger charge is 2.42. The van der Waals surface area contributed by atoms with Crippen LogP contribution < -0.4 is 0 Å². The highest BCUT2D eigenvalue weighted by Crippen LogP contribution is 2.35. The van der Waals surface area contributed by atoms with Gasteiger partial charge in [-0.15, -0.1) is 0 Å². The molecule has 2 heterocycles. The van der Waals surface area contributed by atoms with E-state index < -0.39 is 11.6 Å². The van der Waals surface area contributed by atoms with Crippen LogP contribution in [-0.4, -0.2) is 37.0 Å². The van der Waals surface area contributed by atoms with Crippen molar-refractivity contribution in [2.75, 3.05) is 13.2 Å². The maximum atomic E-state index is 5.92. The SMILES string of the molecule is C[C@@H]([C@H](C)C1COC(C)(C)O1)[C@H]1COC(C)(C)O1. The minimum atomic E-state index is -0.453. The van der Waals surface area contributed by atoms with Gasteiger partial charge in [-0.3, -0.25) is 0 Å². The van der Waals surface area contributed by atoms with Crippen LogP contribution in [0.3, 0.4) is 0 Å². The van der Waals surface area contributed by atoms with Crippen LogP contribution in [0.4, 0.5) is 0 Å². The fraction of sp³-hybridized carbons (Fsp3) is 1.00. The Kier molecular flexibility index (Phi) is 3.76. The van der Waals surface area contributed by atoms with Crippen LogP contribution in [0.1, 0.15) is 41.5 Å². The second-order valence-corrected chi connectivity index (χ2v) is 6.45. The van der Waals surface area contributed by atoms with E-state index in [0.29, 0.717) is 25.0 Å². The topological polar surface area (TPSA) is 36.9 Å². The molecule has 0 radical (unpaired) electrons. The van der Waals surface area contributed by atoms with Gasteiger partial charge in [0.05, 0.1) is 25.4 Å². The van der Waals surface area contributed by atoms with E-state index in [1.807, 2.05) is 27.7 Å². The predicted octanol–water partition coefficient (Wildman–Crippen LogP) is 2.56. The van der Waals surface area contributed by atoms with Crippen molar-refractivity contribution in [2.45, 2.75) is 65.3 Å². The van der Waals surface area contributed by atoms with Crippen LogP contribution in [0.5, 0.6) is 0 Å². The van der Waals surface area contributed by atoms with E-state index >= 15 is 0 Å². The van der Waals surface area contributed by atoms with Gasteiger partial charge >= 0.3 is 0 Å². The van der Waals surface area contributed by atoms with Gasteiger partial charge in [-0.25, -0.2) is 0 Å². The van der Waals surface area contributed by atoms with E-state index in [0.717, 1.165) is 0 Å². The maximum Gasteiger partial charge on any atom is 0.163 e. The molecule has 0 spiro atoms. The molecule has 2 saturated heterocycles. The Labute approximate surface area is 110 Å². The third-order valence-electron chi connectivity index (χ3n) is 4.06. The number of hydrogen-bond donors (Lipinski definition) is 0. The monoisotopic (exact) mass is 258 g/mol. The van der Waals surface area contributed by atoms with E-state index in [2.05, 4.69) is 13.8 Å². The van der Waals surface area contributed by atoms with Crippen LogP contribution in [0, 0.1) is 11.8 Å². The molecule has 2 aliphatic rings. The van der Waals surface area contributed by atoms with Crippen molar-refractivity contribution >= 4 is 0 Å².